The van der Waals surface area contributed by atoms with E-state index in [1.165, 1.54) is 13.3 Å². The first-order valence-corrected chi connectivity index (χ1v) is 11.0. The zero-order valence-corrected chi connectivity index (χ0v) is 19.9. The number of nitrogens with zero attached hydrogens (tertiary/aromatic N) is 1. The zero-order chi connectivity index (χ0) is 23.5. The van der Waals surface area contributed by atoms with Crippen LogP contribution in [-0.2, 0) is 9.59 Å². The van der Waals surface area contributed by atoms with Gasteiger partial charge >= 0.3 is 0 Å². The third-order valence-electron chi connectivity index (χ3n) is 4.23. The van der Waals surface area contributed by atoms with Crippen LogP contribution in [0.25, 0.3) is 0 Å². The van der Waals surface area contributed by atoms with Crippen LogP contribution in [0, 0.1) is 3.57 Å². The molecule has 170 valence electrons. The lowest BCUT2D eigenvalue weighted by Gasteiger charge is -2.10. The maximum atomic E-state index is 12.1. The zero-order valence-electron chi connectivity index (χ0n) is 17.8. The highest BCUT2D eigenvalue weighted by atomic mass is 127. The van der Waals surface area contributed by atoms with Gasteiger partial charge in [-0.15, -0.1) is 0 Å². The maximum Gasteiger partial charge on any atom is 0.277 e. The number of carbonyl (C=O) groups is 2. The number of hydrazone groups is 1. The number of hydrogen-bond donors (Lipinski definition) is 2. The second-order valence-electron chi connectivity index (χ2n) is 6.62. The molecule has 0 fully saturated rings. The summed E-state index contributed by atoms with van der Waals surface area (Å²) in [5, 5.41) is 6.66. The molecule has 0 heterocycles. The summed E-state index contributed by atoms with van der Waals surface area (Å²) in [4.78, 5) is 24.0. The summed E-state index contributed by atoms with van der Waals surface area (Å²) in [5.41, 5.74) is 3.74. The van der Waals surface area contributed by atoms with E-state index in [0.29, 0.717) is 22.9 Å². The second-order valence-corrected chi connectivity index (χ2v) is 7.78. The molecule has 3 aromatic rings. The fourth-order valence-corrected chi connectivity index (χ4v) is 3.19. The fourth-order valence-electron chi connectivity index (χ4n) is 2.65. The van der Waals surface area contributed by atoms with Crippen molar-refractivity contribution in [1.29, 1.82) is 0 Å². The number of anilines is 1. The molecule has 0 saturated heterocycles. The molecular formula is C24H22IN3O5. The largest absolute Gasteiger partial charge is 0.495 e. The van der Waals surface area contributed by atoms with E-state index in [0.717, 1.165) is 9.13 Å². The number of carbonyl (C=O) groups excluding carboxylic acids is 2. The molecule has 0 aromatic heterocycles. The normalized spacial score (nSPS) is 10.5. The van der Waals surface area contributed by atoms with Gasteiger partial charge in [0.1, 0.15) is 17.2 Å². The summed E-state index contributed by atoms with van der Waals surface area (Å²) in [7, 11) is 1.54. The minimum Gasteiger partial charge on any atom is -0.495 e. The number of ether oxygens (including phenoxy) is 3. The van der Waals surface area contributed by atoms with Crippen molar-refractivity contribution in [2.45, 2.75) is 0 Å². The van der Waals surface area contributed by atoms with E-state index in [-0.39, 0.29) is 25.0 Å². The highest BCUT2D eigenvalue weighted by Gasteiger charge is 2.08. The lowest BCUT2D eigenvalue weighted by atomic mass is 10.2. The third kappa shape index (κ3) is 7.79. The van der Waals surface area contributed by atoms with Gasteiger partial charge in [0, 0.05) is 0 Å². The van der Waals surface area contributed by atoms with Crippen molar-refractivity contribution in [1.82, 2.24) is 5.43 Å². The molecule has 0 aliphatic rings. The Morgan fingerprint density at radius 1 is 0.879 bits per heavy atom. The standard InChI is InChI=1S/C24H22IN3O5/c1-31-22-9-5-3-7-20(22)27-23(29)15-32-18-12-10-17(11-13-18)14-26-28-24(30)16-33-21-8-4-2-6-19(21)25/h2-14H,15-16H2,1H3,(H,27,29)(H,28,30)/b26-14+. The van der Waals surface area contributed by atoms with Crippen LogP contribution in [-0.4, -0.2) is 38.4 Å². The van der Waals surface area contributed by atoms with Gasteiger partial charge in [0.15, 0.2) is 13.2 Å². The van der Waals surface area contributed by atoms with E-state index in [9.17, 15) is 9.59 Å². The molecule has 0 bridgehead atoms. The van der Waals surface area contributed by atoms with E-state index in [1.807, 2.05) is 24.3 Å². The lowest BCUT2D eigenvalue weighted by molar-refractivity contribution is -0.123. The number of halogens is 1. The predicted octanol–water partition coefficient (Wildman–Crippen LogP) is 3.85. The van der Waals surface area contributed by atoms with E-state index in [4.69, 9.17) is 14.2 Å². The van der Waals surface area contributed by atoms with Crippen molar-refractivity contribution in [2.24, 2.45) is 5.10 Å². The second kappa shape index (κ2) is 12.4. The Morgan fingerprint density at radius 3 is 2.27 bits per heavy atom. The third-order valence-corrected chi connectivity index (χ3v) is 5.12. The Bertz CT molecular complexity index is 1120. The van der Waals surface area contributed by atoms with E-state index >= 15 is 0 Å². The van der Waals surface area contributed by atoms with Crippen molar-refractivity contribution in [3.63, 3.8) is 0 Å². The summed E-state index contributed by atoms with van der Waals surface area (Å²) in [6.07, 6.45) is 1.50. The molecule has 0 aliphatic carbocycles. The topological polar surface area (TPSA) is 98.3 Å². The van der Waals surface area contributed by atoms with E-state index < -0.39 is 0 Å². The van der Waals surface area contributed by atoms with Crippen LogP contribution in [0.1, 0.15) is 5.56 Å². The van der Waals surface area contributed by atoms with Crippen LogP contribution in [0.3, 0.4) is 0 Å². The van der Waals surface area contributed by atoms with Gasteiger partial charge in [-0.3, -0.25) is 9.59 Å². The number of para-hydroxylation sites is 3. The average molecular weight is 559 g/mol. The lowest BCUT2D eigenvalue weighted by Crippen LogP contribution is -2.24. The van der Waals surface area contributed by atoms with Crippen LogP contribution in [0.4, 0.5) is 5.69 Å². The van der Waals surface area contributed by atoms with Crippen molar-refractivity contribution >= 4 is 46.3 Å². The SMILES string of the molecule is COc1ccccc1NC(=O)COc1ccc(/C=N/NC(=O)COc2ccccc2I)cc1. The monoisotopic (exact) mass is 559 g/mol. The molecule has 0 spiro atoms. The average Bonchev–Trinajstić information content (AvgIpc) is 2.83. The van der Waals surface area contributed by atoms with Gasteiger partial charge in [0.05, 0.1) is 22.6 Å². The molecule has 0 radical (unpaired) electrons. The fraction of sp³-hybridized carbons (Fsp3) is 0.125. The number of rotatable bonds is 10. The number of nitrogens with one attached hydrogen (secondary N) is 2. The Balaban J connectivity index is 1.41. The van der Waals surface area contributed by atoms with Crippen LogP contribution in [0.2, 0.25) is 0 Å². The predicted molar refractivity (Wildman–Crippen MR) is 134 cm³/mol. The van der Waals surface area contributed by atoms with Gasteiger partial charge in [-0.2, -0.15) is 5.10 Å². The number of methoxy groups -OCH3 is 1. The highest BCUT2D eigenvalue weighted by Crippen LogP contribution is 2.23. The summed E-state index contributed by atoms with van der Waals surface area (Å²) in [6, 6.07) is 21.5. The van der Waals surface area contributed by atoms with Crippen molar-refractivity contribution in [3.8, 4) is 17.2 Å². The molecule has 2 N–H and O–H groups in total. The Morgan fingerprint density at radius 2 is 1.55 bits per heavy atom. The summed E-state index contributed by atoms with van der Waals surface area (Å²) in [6.45, 7) is -0.289. The number of hydrogen-bond acceptors (Lipinski definition) is 6. The van der Waals surface area contributed by atoms with Gasteiger partial charge in [0.25, 0.3) is 11.8 Å². The molecule has 0 aliphatic heterocycles. The summed E-state index contributed by atoms with van der Waals surface area (Å²) in [5.74, 6) is 1.07. The van der Waals surface area contributed by atoms with Gasteiger partial charge in [-0.25, -0.2) is 5.43 Å². The molecule has 33 heavy (non-hydrogen) atoms. The van der Waals surface area contributed by atoms with Crippen LogP contribution >= 0.6 is 22.6 Å². The first kappa shape index (κ1) is 24.1. The first-order chi connectivity index (χ1) is 16.0. The van der Waals surface area contributed by atoms with Crippen molar-refractivity contribution in [3.05, 3.63) is 81.9 Å². The number of benzene rings is 3. The van der Waals surface area contributed by atoms with Gasteiger partial charge in [0.2, 0.25) is 0 Å². The van der Waals surface area contributed by atoms with Crippen LogP contribution < -0.4 is 25.0 Å². The Labute approximate surface area is 205 Å². The summed E-state index contributed by atoms with van der Waals surface area (Å²) >= 11 is 2.14. The summed E-state index contributed by atoms with van der Waals surface area (Å²) < 4.78 is 17.1. The number of amides is 2. The van der Waals surface area contributed by atoms with Crippen LogP contribution in [0.15, 0.2) is 77.9 Å². The molecule has 9 heteroatoms. The quantitative estimate of drug-likeness (QED) is 0.224. The molecular weight excluding hydrogens is 537 g/mol. The Kier molecular flexibility index (Phi) is 9.07. The molecule has 0 atom stereocenters. The molecule has 0 unspecified atom stereocenters. The molecule has 2 amide bonds. The van der Waals surface area contributed by atoms with Crippen molar-refractivity contribution in [2.75, 3.05) is 25.6 Å². The maximum absolute atomic E-state index is 12.1. The molecule has 0 saturated carbocycles. The van der Waals surface area contributed by atoms with E-state index in [2.05, 4.69) is 38.4 Å². The molecule has 3 aromatic carbocycles. The minimum absolute atomic E-state index is 0.138. The van der Waals surface area contributed by atoms with Gasteiger partial charge < -0.3 is 19.5 Å². The van der Waals surface area contributed by atoms with Gasteiger partial charge in [-0.05, 0) is 76.7 Å². The molecule has 3 rings (SSSR count). The first-order valence-electron chi connectivity index (χ1n) is 9.90. The molecule has 8 nitrogen and oxygen atoms in total. The van der Waals surface area contributed by atoms with Crippen LogP contribution in [0.5, 0.6) is 17.2 Å². The smallest absolute Gasteiger partial charge is 0.277 e. The van der Waals surface area contributed by atoms with Crippen molar-refractivity contribution < 1.29 is 23.8 Å². The van der Waals surface area contributed by atoms with Gasteiger partial charge in [-0.1, -0.05) is 24.3 Å². The Hall–Kier alpha value is -3.60. The van der Waals surface area contributed by atoms with E-state index in [1.54, 1.807) is 48.5 Å². The highest BCUT2D eigenvalue weighted by molar-refractivity contribution is 14.1. The minimum atomic E-state index is -0.369.